The quantitative estimate of drug-likeness (QED) is 0.274. The summed E-state index contributed by atoms with van der Waals surface area (Å²) in [6.07, 6.45) is 4.60. The number of hydrogen-bond donors (Lipinski definition) is 3. The van der Waals surface area contributed by atoms with E-state index in [0.717, 1.165) is 6.42 Å². The van der Waals surface area contributed by atoms with Gasteiger partial charge in [-0.25, -0.2) is 19.6 Å². The fourth-order valence-electron chi connectivity index (χ4n) is 5.45. The summed E-state index contributed by atoms with van der Waals surface area (Å²) in [7, 11) is 1.92. The molecule has 47 heavy (non-hydrogen) atoms. The lowest BCUT2D eigenvalue weighted by atomic mass is 9.92. The second-order valence-corrected chi connectivity index (χ2v) is 12.6. The summed E-state index contributed by atoms with van der Waals surface area (Å²) < 4.78 is 6.60. The van der Waals surface area contributed by atoms with Crippen molar-refractivity contribution in [3.8, 4) is 6.07 Å². The lowest BCUT2D eigenvalue weighted by Gasteiger charge is -2.42. The minimum absolute atomic E-state index is 0.0291. The van der Waals surface area contributed by atoms with Crippen LogP contribution in [0.3, 0.4) is 0 Å². The van der Waals surface area contributed by atoms with E-state index >= 15 is 0 Å². The number of benzene rings is 1. The molecule has 1 aliphatic heterocycles. The molecule has 14 nitrogen and oxygen atoms in total. The maximum absolute atomic E-state index is 13.3. The number of rotatable bonds is 10. The Morgan fingerprint density at radius 3 is 2.45 bits per heavy atom. The molecule has 4 rings (SSSR count). The lowest BCUT2D eigenvalue weighted by Crippen LogP contribution is -2.52. The number of ether oxygens (including phenoxy) is 1. The number of anilines is 2. The molecule has 0 saturated carbocycles. The van der Waals surface area contributed by atoms with Gasteiger partial charge in [0, 0.05) is 50.7 Å². The molecule has 0 bridgehead atoms. The first-order valence-electron chi connectivity index (χ1n) is 15.7. The highest BCUT2D eigenvalue weighted by Gasteiger charge is 2.33. The number of aromatic nitrogens is 3. The highest BCUT2D eigenvalue weighted by molar-refractivity contribution is 6.00. The SMILES string of the molecule is C[C@@H]1CCN(C(=O)CC#N)C[C@@H]1N(C)c1ncnc2c1ccn2C(=O)Nc1ccc(C(=O)NCCCCNC(=O)OC(C)(C)C)cc1. The summed E-state index contributed by atoms with van der Waals surface area (Å²) in [5.41, 5.74) is 0.835. The second-order valence-electron chi connectivity index (χ2n) is 12.6. The number of nitriles is 1. The van der Waals surface area contributed by atoms with Gasteiger partial charge >= 0.3 is 12.1 Å². The summed E-state index contributed by atoms with van der Waals surface area (Å²) in [6, 6.07) is 9.84. The number of piperidine rings is 1. The van der Waals surface area contributed by atoms with Crippen molar-refractivity contribution >= 4 is 46.5 Å². The number of alkyl carbamates (subject to hydrolysis) is 1. The summed E-state index contributed by atoms with van der Waals surface area (Å²) in [4.78, 5) is 62.5. The number of carbonyl (C=O) groups excluding carboxylic acids is 4. The molecule has 0 unspecified atom stereocenters. The Labute approximate surface area is 274 Å². The van der Waals surface area contributed by atoms with E-state index in [1.807, 2.05) is 18.0 Å². The Balaban J connectivity index is 1.31. The van der Waals surface area contributed by atoms with Crippen molar-refractivity contribution in [3.63, 3.8) is 0 Å². The molecule has 3 heterocycles. The van der Waals surface area contributed by atoms with Gasteiger partial charge in [0.25, 0.3) is 5.91 Å². The number of fused-ring (bicyclic) bond motifs is 1. The van der Waals surface area contributed by atoms with E-state index in [-0.39, 0.29) is 30.2 Å². The van der Waals surface area contributed by atoms with E-state index < -0.39 is 17.7 Å². The van der Waals surface area contributed by atoms with E-state index in [9.17, 15) is 19.2 Å². The zero-order chi connectivity index (χ0) is 34.1. The molecule has 2 atom stereocenters. The number of carbonyl (C=O) groups is 4. The maximum Gasteiger partial charge on any atom is 0.407 e. The molecule has 4 amide bonds. The molecule has 14 heteroatoms. The van der Waals surface area contributed by atoms with E-state index in [1.165, 1.54) is 10.9 Å². The number of likely N-dealkylation sites (tertiary alicyclic amines) is 1. The van der Waals surface area contributed by atoms with Crippen LogP contribution < -0.4 is 20.9 Å². The predicted molar refractivity (Wildman–Crippen MR) is 177 cm³/mol. The average Bonchev–Trinajstić information content (AvgIpc) is 3.47. The van der Waals surface area contributed by atoms with Gasteiger partial charge in [-0.15, -0.1) is 0 Å². The Hall–Kier alpha value is -5.19. The van der Waals surface area contributed by atoms with Crippen molar-refractivity contribution in [2.24, 2.45) is 5.92 Å². The van der Waals surface area contributed by atoms with Crippen LogP contribution in [0.25, 0.3) is 11.0 Å². The van der Waals surface area contributed by atoms with E-state index in [2.05, 4.69) is 32.8 Å². The number of nitrogens with one attached hydrogen (secondary N) is 3. The normalized spacial score (nSPS) is 16.2. The fourth-order valence-corrected chi connectivity index (χ4v) is 5.45. The molecule has 2 aromatic heterocycles. The van der Waals surface area contributed by atoms with Crippen LogP contribution in [0.4, 0.5) is 21.1 Å². The van der Waals surface area contributed by atoms with Crippen LogP contribution in [0.2, 0.25) is 0 Å². The zero-order valence-electron chi connectivity index (χ0n) is 27.6. The van der Waals surface area contributed by atoms with Gasteiger partial charge in [-0.05, 0) is 76.3 Å². The highest BCUT2D eigenvalue weighted by Crippen LogP contribution is 2.30. The predicted octanol–water partition coefficient (Wildman–Crippen LogP) is 4.13. The molecule has 3 aromatic rings. The van der Waals surface area contributed by atoms with Crippen LogP contribution in [-0.2, 0) is 9.53 Å². The first kappa shape index (κ1) is 34.7. The molecule has 0 spiro atoms. The van der Waals surface area contributed by atoms with Crippen LogP contribution in [0, 0.1) is 17.2 Å². The molecule has 1 aromatic carbocycles. The minimum atomic E-state index is -0.550. The smallest absolute Gasteiger partial charge is 0.407 e. The van der Waals surface area contributed by atoms with Crippen LogP contribution in [-0.4, -0.2) is 88.2 Å². The second kappa shape index (κ2) is 15.4. The van der Waals surface area contributed by atoms with Gasteiger partial charge in [-0.2, -0.15) is 5.26 Å². The molecule has 0 aliphatic carbocycles. The average molecular weight is 646 g/mol. The molecular weight excluding hydrogens is 602 g/mol. The topological polar surface area (TPSA) is 175 Å². The van der Waals surface area contributed by atoms with Gasteiger partial charge in [0.05, 0.1) is 17.5 Å². The van der Waals surface area contributed by atoms with E-state index in [0.29, 0.717) is 67.1 Å². The van der Waals surface area contributed by atoms with Crippen molar-refractivity contribution in [1.82, 2.24) is 30.1 Å². The van der Waals surface area contributed by atoms with E-state index in [1.54, 1.807) is 62.2 Å². The van der Waals surface area contributed by atoms with E-state index in [4.69, 9.17) is 10.00 Å². The maximum atomic E-state index is 13.3. The third kappa shape index (κ3) is 9.18. The van der Waals surface area contributed by atoms with Crippen LogP contribution in [0.15, 0.2) is 42.9 Å². The van der Waals surface area contributed by atoms with Crippen LogP contribution in [0.5, 0.6) is 0 Å². The fraction of sp³-hybridized carbons (Fsp3) is 0.485. The van der Waals surface area contributed by atoms with Crippen molar-refractivity contribution in [2.45, 2.75) is 65.0 Å². The van der Waals surface area contributed by atoms with Crippen LogP contribution in [0.1, 0.15) is 63.7 Å². The highest BCUT2D eigenvalue weighted by atomic mass is 16.6. The van der Waals surface area contributed by atoms with Crippen molar-refractivity contribution in [3.05, 3.63) is 48.4 Å². The first-order chi connectivity index (χ1) is 22.4. The number of unbranched alkanes of at least 4 members (excludes halogenated alkanes) is 1. The molecule has 1 aliphatic rings. The van der Waals surface area contributed by atoms with Gasteiger partial charge in [0.1, 0.15) is 24.2 Å². The van der Waals surface area contributed by atoms with Crippen molar-refractivity contribution in [1.29, 1.82) is 5.26 Å². The molecular formula is C33H43N9O5. The Bertz CT molecular complexity index is 1620. The Morgan fingerprint density at radius 2 is 1.77 bits per heavy atom. The van der Waals surface area contributed by atoms with Gasteiger partial charge in [0.15, 0.2) is 5.65 Å². The summed E-state index contributed by atoms with van der Waals surface area (Å²) in [5, 5.41) is 18.0. The first-order valence-corrected chi connectivity index (χ1v) is 15.7. The number of amides is 4. The molecule has 1 fully saturated rings. The van der Waals surface area contributed by atoms with Crippen LogP contribution >= 0.6 is 0 Å². The number of likely N-dealkylation sites (N-methyl/N-ethyl adjacent to an activating group) is 1. The molecule has 0 radical (unpaired) electrons. The zero-order valence-corrected chi connectivity index (χ0v) is 27.6. The Morgan fingerprint density at radius 1 is 1.06 bits per heavy atom. The minimum Gasteiger partial charge on any atom is -0.444 e. The van der Waals surface area contributed by atoms with Crippen molar-refractivity contribution < 1.29 is 23.9 Å². The summed E-state index contributed by atoms with van der Waals surface area (Å²) in [6.45, 7) is 9.53. The van der Waals surface area contributed by atoms with Gasteiger partial charge < -0.3 is 30.5 Å². The van der Waals surface area contributed by atoms with Gasteiger partial charge in [-0.1, -0.05) is 6.92 Å². The third-order valence-corrected chi connectivity index (χ3v) is 7.97. The Kier molecular flexibility index (Phi) is 11.4. The van der Waals surface area contributed by atoms with Crippen molar-refractivity contribution in [2.75, 3.05) is 43.4 Å². The van der Waals surface area contributed by atoms with Gasteiger partial charge in [0.2, 0.25) is 5.91 Å². The number of hydrogen-bond acceptors (Lipinski definition) is 9. The monoisotopic (exact) mass is 645 g/mol. The molecule has 1 saturated heterocycles. The number of nitrogens with zero attached hydrogens (tertiary/aromatic N) is 6. The lowest BCUT2D eigenvalue weighted by molar-refractivity contribution is -0.131. The van der Waals surface area contributed by atoms with Gasteiger partial charge in [-0.3, -0.25) is 14.2 Å². The largest absolute Gasteiger partial charge is 0.444 e. The summed E-state index contributed by atoms with van der Waals surface area (Å²) >= 11 is 0. The standard InChI is InChI=1S/C33H43N9O5/c1-22-13-18-41(27(43)12-15-34)20-26(22)40(5)28-25-14-19-42(29(25)38-21-37-28)31(45)39-24-10-8-23(9-11-24)30(44)35-16-6-7-17-36-32(46)47-33(2,3)4/h8-11,14,19,21-22,26H,6-7,12-13,16-18,20H2,1-5H3,(H,35,44)(H,36,46)(H,39,45)/t22-,26+/m1/s1. The molecule has 250 valence electrons. The third-order valence-electron chi connectivity index (χ3n) is 7.97. The molecule has 3 N–H and O–H groups in total. The summed E-state index contributed by atoms with van der Waals surface area (Å²) in [5.74, 6) is 0.503.